The van der Waals surface area contributed by atoms with E-state index in [-0.39, 0.29) is 17.9 Å². The van der Waals surface area contributed by atoms with E-state index in [9.17, 15) is 9.90 Å². The van der Waals surface area contributed by atoms with Crippen molar-refractivity contribution >= 4 is 5.91 Å². The van der Waals surface area contributed by atoms with Crippen LogP contribution in [0.4, 0.5) is 0 Å². The maximum atomic E-state index is 11.4. The van der Waals surface area contributed by atoms with Gasteiger partial charge < -0.3 is 10.0 Å². The molecule has 0 unspecified atom stereocenters. The lowest BCUT2D eigenvalue weighted by Crippen LogP contribution is -2.47. The lowest BCUT2D eigenvalue weighted by molar-refractivity contribution is -0.132. The van der Waals surface area contributed by atoms with Crippen molar-refractivity contribution in [3.63, 3.8) is 0 Å². The summed E-state index contributed by atoms with van der Waals surface area (Å²) >= 11 is 0. The Kier molecular flexibility index (Phi) is 2.12. The van der Waals surface area contributed by atoms with E-state index in [0.29, 0.717) is 19.0 Å². The van der Waals surface area contributed by atoms with Crippen molar-refractivity contribution < 1.29 is 9.90 Å². The fourth-order valence-electron chi connectivity index (χ4n) is 2.32. The lowest BCUT2D eigenvalue weighted by Gasteiger charge is -2.37. The standard InChI is InChI=1S/C10H15NO2/c1-2-7-6-11-8(5-9(7)12)3-4-10(11)13/h2,7-9,12H,1,3-6H2/t7-,8+,9-/m0/s1. The number of carbonyl (C=O) groups is 1. The van der Waals surface area contributed by atoms with Gasteiger partial charge >= 0.3 is 0 Å². The zero-order valence-electron chi connectivity index (χ0n) is 7.65. The molecule has 0 radical (unpaired) electrons. The Morgan fingerprint density at radius 1 is 1.62 bits per heavy atom. The van der Waals surface area contributed by atoms with Gasteiger partial charge in [0.1, 0.15) is 0 Å². The molecule has 1 N–H and O–H groups in total. The van der Waals surface area contributed by atoms with Crippen molar-refractivity contribution in [1.82, 2.24) is 4.90 Å². The van der Waals surface area contributed by atoms with Gasteiger partial charge in [0.05, 0.1) is 6.10 Å². The molecular weight excluding hydrogens is 166 g/mol. The summed E-state index contributed by atoms with van der Waals surface area (Å²) in [5.74, 6) is 0.307. The summed E-state index contributed by atoms with van der Waals surface area (Å²) < 4.78 is 0. The zero-order chi connectivity index (χ0) is 9.42. The number of carbonyl (C=O) groups excluding carboxylic acids is 1. The van der Waals surface area contributed by atoms with E-state index in [1.165, 1.54) is 0 Å². The van der Waals surface area contributed by atoms with Crippen LogP contribution in [0, 0.1) is 5.92 Å². The third kappa shape index (κ3) is 1.37. The van der Waals surface area contributed by atoms with Gasteiger partial charge in [0.2, 0.25) is 5.91 Å². The lowest BCUT2D eigenvalue weighted by atomic mass is 9.90. The number of aliphatic hydroxyl groups excluding tert-OH is 1. The Morgan fingerprint density at radius 2 is 2.38 bits per heavy atom. The number of rotatable bonds is 1. The molecule has 3 atom stereocenters. The van der Waals surface area contributed by atoms with Crippen LogP contribution in [0.3, 0.4) is 0 Å². The number of hydrogen-bond donors (Lipinski definition) is 1. The summed E-state index contributed by atoms with van der Waals surface area (Å²) in [7, 11) is 0. The maximum absolute atomic E-state index is 11.4. The average molecular weight is 181 g/mol. The molecule has 0 aromatic carbocycles. The van der Waals surface area contributed by atoms with Gasteiger partial charge in [0.15, 0.2) is 0 Å². The van der Waals surface area contributed by atoms with E-state index in [2.05, 4.69) is 6.58 Å². The molecule has 2 aliphatic rings. The van der Waals surface area contributed by atoms with Crippen LogP contribution in [0.5, 0.6) is 0 Å². The van der Waals surface area contributed by atoms with Gasteiger partial charge in [-0.05, 0) is 12.8 Å². The van der Waals surface area contributed by atoms with E-state index in [1.54, 1.807) is 6.08 Å². The number of aliphatic hydroxyl groups is 1. The van der Waals surface area contributed by atoms with Gasteiger partial charge in [-0.3, -0.25) is 4.79 Å². The number of amides is 1. The minimum atomic E-state index is -0.301. The van der Waals surface area contributed by atoms with Crippen LogP contribution in [0.25, 0.3) is 0 Å². The fraction of sp³-hybridized carbons (Fsp3) is 0.700. The van der Waals surface area contributed by atoms with Gasteiger partial charge in [-0.1, -0.05) is 6.08 Å². The van der Waals surface area contributed by atoms with Gasteiger partial charge in [-0.15, -0.1) is 6.58 Å². The molecule has 2 fully saturated rings. The summed E-state index contributed by atoms with van der Waals surface area (Å²) in [6, 6.07) is 0.290. The van der Waals surface area contributed by atoms with Crippen molar-refractivity contribution in [2.75, 3.05) is 6.54 Å². The van der Waals surface area contributed by atoms with Crippen LogP contribution in [0.15, 0.2) is 12.7 Å². The van der Waals surface area contributed by atoms with Crippen LogP contribution in [-0.4, -0.2) is 34.6 Å². The highest BCUT2D eigenvalue weighted by Gasteiger charge is 2.39. The Hall–Kier alpha value is -0.830. The van der Waals surface area contributed by atoms with Gasteiger partial charge in [0, 0.05) is 24.9 Å². The molecule has 2 aliphatic heterocycles. The molecule has 3 nitrogen and oxygen atoms in total. The molecule has 0 spiro atoms. The Bertz CT molecular complexity index is 239. The molecule has 2 saturated heterocycles. The fourth-order valence-corrected chi connectivity index (χ4v) is 2.32. The second-order valence-electron chi connectivity index (χ2n) is 3.94. The van der Waals surface area contributed by atoms with Crippen molar-refractivity contribution in [3.05, 3.63) is 12.7 Å². The van der Waals surface area contributed by atoms with Crippen LogP contribution >= 0.6 is 0 Å². The molecule has 0 saturated carbocycles. The molecule has 0 aliphatic carbocycles. The normalized spacial score (nSPS) is 39.0. The van der Waals surface area contributed by atoms with Crippen LogP contribution in [0.1, 0.15) is 19.3 Å². The van der Waals surface area contributed by atoms with E-state index in [1.807, 2.05) is 4.90 Å². The molecular formula is C10H15NO2. The molecule has 72 valence electrons. The average Bonchev–Trinajstić information content (AvgIpc) is 2.46. The SMILES string of the molecule is C=C[C@H]1CN2C(=O)CC[C@@H]2C[C@@H]1O. The second-order valence-corrected chi connectivity index (χ2v) is 3.94. The zero-order valence-corrected chi connectivity index (χ0v) is 7.65. The molecule has 0 bridgehead atoms. The number of piperidine rings is 1. The summed E-state index contributed by atoms with van der Waals surface area (Å²) in [5.41, 5.74) is 0. The number of nitrogens with zero attached hydrogens (tertiary/aromatic N) is 1. The highest BCUT2D eigenvalue weighted by Crippen LogP contribution is 2.31. The molecule has 2 rings (SSSR count). The molecule has 0 aromatic rings. The highest BCUT2D eigenvalue weighted by atomic mass is 16.3. The Morgan fingerprint density at radius 3 is 3.08 bits per heavy atom. The summed E-state index contributed by atoms with van der Waals surface area (Å²) in [5, 5.41) is 9.69. The number of fused-ring (bicyclic) bond motifs is 1. The second kappa shape index (κ2) is 3.14. The van der Waals surface area contributed by atoms with Gasteiger partial charge in [-0.25, -0.2) is 0 Å². The first kappa shape index (κ1) is 8.75. The first-order valence-corrected chi connectivity index (χ1v) is 4.82. The minimum absolute atomic E-state index is 0.0679. The first-order chi connectivity index (χ1) is 6.22. The van der Waals surface area contributed by atoms with Crippen LogP contribution in [-0.2, 0) is 4.79 Å². The third-order valence-electron chi connectivity index (χ3n) is 3.17. The van der Waals surface area contributed by atoms with E-state index in [4.69, 9.17) is 0 Å². The molecule has 1 amide bonds. The summed E-state index contributed by atoms with van der Waals surface area (Å²) in [6.07, 6.45) is 3.75. The van der Waals surface area contributed by atoms with E-state index < -0.39 is 0 Å². The number of hydrogen-bond acceptors (Lipinski definition) is 2. The largest absolute Gasteiger partial charge is 0.392 e. The van der Waals surface area contributed by atoms with Crippen LogP contribution in [0.2, 0.25) is 0 Å². The highest BCUT2D eigenvalue weighted by molar-refractivity contribution is 5.79. The molecule has 0 aromatic heterocycles. The van der Waals surface area contributed by atoms with E-state index >= 15 is 0 Å². The summed E-state index contributed by atoms with van der Waals surface area (Å²) in [6.45, 7) is 4.34. The van der Waals surface area contributed by atoms with Crippen molar-refractivity contribution in [2.45, 2.75) is 31.4 Å². The smallest absolute Gasteiger partial charge is 0.222 e. The Labute approximate surface area is 78.0 Å². The third-order valence-corrected chi connectivity index (χ3v) is 3.17. The first-order valence-electron chi connectivity index (χ1n) is 4.82. The quantitative estimate of drug-likeness (QED) is 0.600. The van der Waals surface area contributed by atoms with Crippen LogP contribution < -0.4 is 0 Å². The predicted octanol–water partition coefficient (Wildman–Crippen LogP) is 0.544. The van der Waals surface area contributed by atoms with Gasteiger partial charge in [0.25, 0.3) is 0 Å². The van der Waals surface area contributed by atoms with Crippen molar-refractivity contribution in [3.8, 4) is 0 Å². The van der Waals surface area contributed by atoms with Gasteiger partial charge in [-0.2, -0.15) is 0 Å². The molecule has 2 heterocycles. The molecule has 3 heteroatoms. The van der Waals surface area contributed by atoms with E-state index in [0.717, 1.165) is 12.8 Å². The minimum Gasteiger partial charge on any atom is -0.392 e. The van der Waals surface area contributed by atoms with Crippen molar-refractivity contribution in [1.29, 1.82) is 0 Å². The Balaban J connectivity index is 2.11. The topological polar surface area (TPSA) is 40.5 Å². The maximum Gasteiger partial charge on any atom is 0.222 e. The van der Waals surface area contributed by atoms with Crippen molar-refractivity contribution in [2.24, 2.45) is 5.92 Å². The monoisotopic (exact) mass is 181 g/mol. The summed E-state index contributed by atoms with van der Waals surface area (Å²) in [4.78, 5) is 13.3. The predicted molar refractivity (Wildman–Crippen MR) is 49.0 cm³/mol. The molecule has 13 heavy (non-hydrogen) atoms.